The van der Waals surface area contributed by atoms with Crippen molar-refractivity contribution in [1.82, 2.24) is 5.32 Å². The fourth-order valence-corrected chi connectivity index (χ4v) is 0.524. The summed E-state index contributed by atoms with van der Waals surface area (Å²) in [6, 6.07) is 0. The highest BCUT2D eigenvalue weighted by Crippen LogP contribution is 1.93. The number of carboxylic acids is 1. The van der Waals surface area contributed by atoms with Gasteiger partial charge in [-0.05, 0) is 0 Å². The number of nitrogens with zero attached hydrogens (tertiary/aromatic N) is 1. The van der Waals surface area contributed by atoms with Gasteiger partial charge in [-0.15, -0.1) is 0 Å². The summed E-state index contributed by atoms with van der Waals surface area (Å²) in [5, 5.41) is 13.4. The van der Waals surface area contributed by atoms with Crippen LogP contribution in [-0.2, 0) is 19.2 Å². The zero-order chi connectivity index (χ0) is 11.8. The van der Waals surface area contributed by atoms with Crippen LogP contribution in [0.5, 0.6) is 0 Å². The van der Waals surface area contributed by atoms with Crippen LogP contribution in [0.2, 0.25) is 0 Å². The molecule has 0 radical (unpaired) electrons. The molecule has 0 aromatic carbocycles. The van der Waals surface area contributed by atoms with E-state index in [1.807, 2.05) is 0 Å². The number of hydrogen-bond donors (Lipinski definition) is 3. The summed E-state index contributed by atoms with van der Waals surface area (Å²) < 4.78 is 0. The molecule has 84 valence electrons. The quantitative estimate of drug-likeness (QED) is 0.225. The van der Waals surface area contributed by atoms with Gasteiger partial charge in [0.05, 0.1) is 12.8 Å². The van der Waals surface area contributed by atoms with E-state index in [2.05, 4.69) is 15.3 Å². The van der Waals surface area contributed by atoms with Gasteiger partial charge in [0.15, 0.2) is 0 Å². The lowest BCUT2D eigenvalue weighted by molar-refractivity contribution is -0.147. The molecule has 0 aromatic heterocycles. The number of hydrogen-bond acceptors (Lipinski definition) is 5. The van der Waals surface area contributed by atoms with E-state index in [9.17, 15) is 14.4 Å². The molecular weight excluding hydrogens is 206 g/mol. The van der Waals surface area contributed by atoms with Crippen LogP contribution >= 0.6 is 0 Å². The minimum atomic E-state index is -1.13. The molecular formula is C7H11N3O5. The molecule has 0 unspecified atom stereocenters. The predicted molar refractivity (Wildman–Crippen MR) is 48.7 cm³/mol. The number of rotatable bonds is 4. The lowest BCUT2D eigenvalue weighted by atomic mass is 10.3. The topological polar surface area (TPSA) is 131 Å². The molecule has 0 heterocycles. The van der Waals surface area contributed by atoms with Crippen LogP contribution in [0.3, 0.4) is 0 Å². The Morgan fingerprint density at radius 3 is 2.47 bits per heavy atom. The van der Waals surface area contributed by atoms with Gasteiger partial charge in [0, 0.05) is 7.05 Å². The molecule has 0 aliphatic rings. The van der Waals surface area contributed by atoms with Gasteiger partial charge in [0.1, 0.15) is 0 Å². The van der Waals surface area contributed by atoms with Crippen LogP contribution < -0.4 is 11.1 Å². The second-order valence-electron chi connectivity index (χ2n) is 2.41. The molecule has 0 bridgehead atoms. The maximum Gasteiger partial charge on any atom is 0.335 e. The first-order valence-corrected chi connectivity index (χ1v) is 3.94. The Kier molecular flexibility index (Phi) is 5.45. The standard InChI is InChI=1S/C7H11N3O5/c1-9-7(14)6(8)10-15-5(13)3-2-4(11)12/h2-3H2,1H3,(H2,8,10)(H,9,14)(H,11,12). The fraction of sp³-hybridized carbons (Fsp3) is 0.429. The van der Waals surface area contributed by atoms with Crippen molar-refractivity contribution < 1.29 is 24.3 Å². The number of carboxylic acid groups (broad SMARTS) is 1. The van der Waals surface area contributed by atoms with Crippen molar-refractivity contribution in [2.24, 2.45) is 10.9 Å². The molecule has 8 nitrogen and oxygen atoms in total. The molecule has 0 aliphatic carbocycles. The second kappa shape index (κ2) is 6.35. The lowest BCUT2D eigenvalue weighted by Gasteiger charge is -1.98. The Morgan fingerprint density at radius 2 is 2.00 bits per heavy atom. The largest absolute Gasteiger partial charge is 0.481 e. The Labute approximate surface area is 85.1 Å². The summed E-state index contributed by atoms with van der Waals surface area (Å²) in [6.45, 7) is 0. The van der Waals surface area contributed by atoms with Gasteiger partial charge in [0.25, 0.3) is 5.91 Å². The number of oxime groups is 1. The first kappa shape index (κ1) is 12.9. The highest BCUT2D eigenvalue weighted by atomic mass is 16.7. The third-order valence-electron chi connectivity index (χ3n) is 1.25. The van der Waals surface area contributed by atoms with E-state index in [1.54, 1.807) is 0 Å². The Hall–Kier alpha value is -2.12. The predicted octanol–water partition coefficient (Wildman–Crippen LogP) is -1.59. The maximum atomic E-state index is 10.8. The highest BCUT2D eigenvalue weighted by molar-refractivity contribution is 6.37. The number of nitrogens with one attached hydrogen (secondary N) is 1. The van der Waals surface area contributed by atoms with Crippen LogP contribution in [-0.4, -0.2) is 35.8 Å². The molecule has 0 saturated carbocycles. The Balaban J connectivity index is 3.98. The molecule has 0 saturated heterocycles. The molecule has 4 N–H and O–H groups in total. The number of likely N-dealkylation sites (N-methyl/N-ethyl adjacent to an activating group) is 1. The average Bonchev–Trinajstić information content (AvgIpc) is 2.21. The number of carbonyl (C=O) groups excluding carboxylic acids is 2. The van der Waals surface area contributed by atoms with Crippen molar-refractivity contribution in [1.29, 1.82) is 0 Å². The molecule has 0 fully saturated rings. The Morgan fingerprint density at radius 1 is 1.40 bits per heavy atom. The van der Waals surface area contributed by atoms with Gasteiger partial charge >= 0.3 is 11.9 Å². The maximum absolute atomic E-state index is 10.8. The SMILES string of the molecule is CNC(=O)C(N)=NOC(=O)CCC(=O)O. The molecule has 0 spiro atoms. The van der Waals surface area contributed by atoms with Crippen molar-refractivity contribution in [2.75, 3.05) is 7.05 Å². The molecule has 0 atom stereocenters. The van der Waals surface area contributed by atoms with E-state index in [-0.39, 0.29) is 12.8 Å². The zero-order valence-corrected chi connectivity index (χ0v) is 8.02. The minimum absolute atomic E-state index is 0.333. The summed E-state index contributed by atoms with van der Waals surface area (Å²) in [5.41, 5.74) is 5.08. The van der Waals surface area contributed by atoms with E-state index in [0.717, 1.165) is 0 Å². The van der Waals surface area contributed by atoms with Gasteiger partial charge in [-0.3, -0.25) is 9.59 Å². The zero-order valence-electron chi connectivity index (χ0n) is 8.02. The van der Waals surface area contributed by atoms with Crippen molar-refractivity contribution in [3.63, 3.8) is 0 Å². The summed E-state index contributed by atoms with van der Waals surface area (Å²) in [4.78, 5) is 35.8. The van der Waals surface area contributed by atoms with E-state index < -0.39 is 23.7 Å². The monoisotopic (exact) mass is 217 g/mol. The molecule has 8 heteroatoms. The van der Waals surface area contributed by atoms with Crippen LogP contribution in [0.4, 0.5) is 0 Å². The summed E-state index contributed by atoms with van der Waals surface area (Å²) in [7, 11) is 1.33. The van der Waals surface area contributed by atoms with Crippen molar-refractivity contribution in [2.45, 2.75) is 12.8 Å². The van der Waals surface area contributed by atoms with Crippen LogP contribution in [0.15, 0.2) is 5.16 Å². The van der Waals surface area contributed by atoms with Crippen LogP contribution in [0, 0.1) is 0 Å². The summed E-state index contributed by atoms with van der Waals surface area (Å²) >= 11 is 0. The summed E-state index contributed by atoms with van der Waals surface area (Å²) in [5.74, 6) is -3.21. The van der Waals surface area contributed by atoms with Gasteiger partial charge in [-0.2, -0.15) is 0 Å². The summed E-state index contributed by atoms with van der Waals surface area (Å²) in [6.07, 6.45) is -0.700. The van der Waals surface area contributed by atoms with Gasteiger partial charge in [-0.1, -0.05) is 5.16 Å². The molecule has 0 aromatic rings. The lowest BCUT2D eigenvalue weighted by Crippen LogP contribution is -2.34. The van der Waals surface area contributed by atoms with Crippen molar-refractivity contribution >= 4 is 23.7 Å². The Bertz CT molecular complexity index is 299. The third-order valence-corrected chi connectivity index (χ3v) is 1.25. The number of nitrogens with two attached hydrogens (primary N) is 1. The molecule has 15 heavy (non-hydrogen) atoms. The van der Waals surface area contributed by atoms with Crippen molar-refractivity contribution in [3.05, 3.63) is 0 Å². The average molecular weight is 217 g/mol. The minimum Gasteiger partial charge on any atom is -0.481 e. The smallest absolute Gasteiger partial charge is 0.335 e. The van der Waals surface area contributed by atoms with Crippen LogP contribution in [0.25, 0.3) is 0 Å². The number of carbonyl (C=O) groups is 3. The van der Waals surface area contributed by atoms with Gasteiger partial charge < -0.3 is 21.0 Å². The third kappa shape index (κ3) is 6.02. The fourth-order valence-electron chi connectivity index (χ4n) is 0.524. The number of amidine groups is 1. The number of amides is 1. The first-order valence-electron chi connectivity index (χ1n) is 3.94. The van der Waals surface area contributed by atoms with E-state index >= 15 is 0 Å². The molecule has 0 rings (SSSR count). The van der Waals surface area contributed by atoms with E-state index in [1.165, 1.54) is 7.05 Å². The second-order valence-corrected chi connectivity index (χ2v) is 2.41. The van der Waals surface area contributed by atoms with Gasteiger partial charge in [-0.25, -0.2) is 4.79 Å². The van der Waals surface area contributed by atoms with Crippen molar-refractivity contribution in [3.8, 4) is 0 Å². The first-order chi connectivity index (χ1) is 6.97. The number of aliphatic carboxylic acids is 1. The molecule has 1 amide bonds. The highest BCUT2D eigenvalue weighted by Gasteiger charge is 2.09. The molecule has 0 aliphatic heterocycles. The van der Waals surface area contributed by atoms with Gasteiger partial charge in [0.2, 0.25) is 5.84 Å². The normalized spacial score (nSPS) is 10.6. The van der Waals surface area contributed by atoms with E-state index in [0.29, 0.717) is 0 Å². The van der Waals surface area contributed by atoms with Crippen LogP contribution in [0.1, 0.15) is 12.8 Å². The van der Waals surface area contributed by atoms with E-state index in [4.69, 9.17) is 10.8 Å².